The van der Waals surface area contributed by atoms with Gasteiger partial charge in [0.25, 0.3) is 5.91 Å². The molecule has 3 heterocycles. The number of pyridine rings is 1. The van der Waals surface area contributed by atoms with Crippen LogP contribution in [0.25, 0.3) is 0 Å². The molecule has 1 aliphatic heterocycles. The number of nitrogens with zero attached hydrogens (tertiary/aromatic N) is 3. The van der Waals surface area contributed by atoms with E-state index >= 15 is 0 Å². The van der Waals surface area contributed by atoms with E-state index in [0.717, 1.165) is 42.0 Å². The number of carbonyl (C=O) groups excluding carboxylic acids is 1. The molecule has 1 aromatic carbocycles. The van der Waals surface area contributed by atoms with Crippen LogP contribution in [0.2, 0.25) is 0 Å². The Balaban J connectivity index is 1.49. The number of carbonyl (C=O) groups is 1. The number of amides is 1. The summed E-state index contributed by atoms with van der Waals surface area (Å²) in [5.74, 6) is -0.00568. The Hall–Kier alpha value is -3.02. The fourth-order valence-electron chi connectivity index (χ4n) is 3.82. The van der Waals surface area contributed by atoms with E-state index in [4.69, 9.17) is 4.98 Å². The van der Waals surface area contributed by atoms with Gasteiger partial charge in [-0.2, -0.15) is 5.10 Å². The van der Waals surface area contributed by atoms with Crippen LogP contribution in [0.3, 0.4) is 0 Å². The van der Waals surface area contributed by atoms with Crippen LogP contribution < -0.4 is 0 Å². The number of piperidine rings is 1. The molecule has 1 N–H and O–H groups in total. The van der Waals surface area contributed by atoms with Gasteiger partial charge in [0.1, 0.15) is 5.82 Å². The molecule has 144 valence electrons. The third-order valence-corrected chi connectivity index (χ3v) is 5.29. The lowest BCUT2D eigenvalue weighted by atomic mass is 9.93. The van der Waals surface area contributed by atoms with Gasteiger partial charge >= 0.3 is 0 Å². The highest BCUT2D eigenvalue weighted by Crippen LogP contribution is 2.27. The van der Waals surface area contributed by atoms with E-state index in [2.05, 4.69) is 10.2 Å². The van der Waals surface area contributed by atoms with Gasteiger partial charge in [0.2, 0.25) is 0 Å². The van der Waals surface area contributed by atoms with Gasteiger partial charge in [0.15, 0.2) is 0 Å². The monoisotopic (exact) mass is 378 g/mol. The zero-order valence-electron chi connectivity index (χ0n) is 15.9. The molecule has 28 heavy (non-hydrogen) atoms. The molecule has 0 radical (unpaired) electrons. The Labute approximate surface area is 163 Å². The van der Waals surface area contributed by atoms with Gasteiger partial charge in [-0.25, -0.2) is 4.39 Å². The van der Waals surface area contributed by atoms with Crippen LogP contribution in [0, 0.1) is 12.7 Å². The molecule has 2 aromatic heterocycles. The average Bonchev–Trinajstić information content (AvgIpc) is 3.14. The van der Waals surface area contributed by atoms with Crippen LogP contribution in [0.15, 0.2) is 48.7 Å². The van der Waals surface area contributed by atoms with Crippen LogP contribution in [0.5, 0.6) is 0 Å². The molecule has 6 heteroatoms. The summed E-state index contributed by atoms with van der Waals surface area (Å²) >= 11 is 0. The SMILES string of the molecule is Cc1[nH]ncc1C(=O)N1CCC[C@@H](c2cccc(Cc3cccc(F)c3)n2)C1. The van der Waals surface area contributed by atoms with Gasteiger partial charge in [0.05, 0.1) is 11.8 Å². The van der Waals surface area contributed by atoms with Crippen LogP contribution >= 0.6 is 0 Å². The smallest absolute Gasteiger partial charge is 0.257 e. The largest absolute Gasteiger partial charge is 0.338 e. The summed E-state index contributed by atoms with van der Waals surface area (Å²) in [6, 6.07) is 12.6. The van der Waals surface area contributed by atoms with E-state index < -0.39 is 0 Å². The maximum Gasteiger partial charge on any atom is 0.257 e. The summed E-state index contributed by atoms with van der Waals surface area (Å²) in [6.07, 6.45) is 4.14. The van der Waals surface area contributed by atoms with E-state index in [1.54, 1.807) is 18.3 Å². The predicted molar refractivity (Wildman–Crippen MR) is 105 cm³/mol. The lowest BCUT2D eigenvalue weighted by molar-refractivity contribution is 0.0705. The van der Waals surface area contributed by atoms with Crippen molar-refractivity contribution < 1.29 is 9.18 Å². The summed E-state index contributed by atoms with van der Waals surface area (Å²) in [6.45, 7) is 3.27. The van der Waals surface area contributed by atoms with Crippen LogP contribution in [-0.2, 0) is 6.42 Å². The number of benzene rings is 1. The number of aromatic amines is 1. The third kappa shape index (κ3) is 3.96. The highest BCUT2D eigenvalue weighted by molar-refractivity contribution is 5.95. The summed E-state index contributed by atoms with van der Waals surface area (Å²) in [4.78, 5) is 19.5. The first kappa shape index (κ1) is 18.3. The minimum absolute atomic E-state index is 0.0202. The van der Waals surface area contributed by atoms with Gasteiger partial charge in [-0.3, -0.25) is 14.9 Å². The van der Waals surface area contributed by atoms with Crippen molar-refractivity contribution in [1.82, 2.24) is 20.1 Å². The minimum Gasteiger partial charge on any atom is -0.338 e. The predicted octanol–water partition coefficient (Wildman–Crippen LogP) is 3.86. The molecule has 5 nitrogen and oxygen atoms in total. The van der Waals surface area contributed by atoms with Crippen LogP contribution in [0.1, 0.15) is 51.8 Å². The molecule has 1 aliphatic rings. The van der Waals surface area contributed by atoms with Crippen LogP contribution in [0.4, 0.5) is 4.39 Å². The van der Waals surface area contributed by atoms with Crippen molar-refractivity contribution in [3.8, 4) is 0 Å². The lowest BCUT2D eigenvalue weighted by Crippen LogP contribution is -2.39. The Bertz CT molecular complexity index is 984. The molecule has 1 amide bonds. The molecule has 1 atom stereocenters. The summed E-state index contributed by atoms with van der Waals surface area (Å²) in [7, 11) is 0. The van der Waals surface area contributed by atoms with Crippen molar-refractivity contribution in [3.05, 3.63) is 82.7 Å². The molecule has 0 unspecified atom stereocenters. The fourth-order valence-corrected chi connectivity index (χ4v) is 3.82. The molecule has 3 aromatic rings. The Kier molecular flexibility index (Phi) is 5.19. The molecule has 0 spiro atoms. The number of likely N-dealkylation sites (tertiary alicyclic amines) is 1. The zero-order valence-corrected chi connectivity index (χ0v) is 15.9. The number of nitrogens with one attached hydrogen (secondary N) is 1. The van der Waals surface area contributed by atoms with Crippen molar-refractivity contribution >= 4 is 5.91 Å². The Morgan fingerprint density at radius 1 is 1.29 bits per heavy atom. The quantitative estimate of drug-likeness (QED) is 0.750. The first-order valence-corrected chi connectivity index (χ1v) is 9.59. The molecule has 0 aliphatic carbocycles. The Morgan fingerprint density at radius 3 is 2.93 bits per heavy atom. The van der Waals surface area contributed by atoms with E-state index in [9.17, 15) is 9.18 Å². The first-order chi connectivity index (χ1) is 13.6. The maximum absolute atomic E-state index is 13.4. The fraction of sp³-hybridized carbons (Fsp3) is 0.318. The third-order valence-electron chi connectivity index (χ3n) is 5.29. The van der Waals surface area contributed by atoms with Gasteiger partial charge in [-0.05, 0) is 49.6 Å². The lowest BCUT2D eigenvalue weighted by Gasteiger charge is -2.32. The standard InChI is InChI=1S/C22H23FN4O/c1-15-20(13-24-26-15)22(28)27-10-4-6-17(14-27)21-9-3-8-19(25-21)12-16-5-2-7-18(23)11-16/h2-3,5,7-9,11,13,17H,4,6,10,12,14H2,1H3,(H,24,26)/t17-/m1/s1. The van der Waals surface area contributed by atoms with E-state index in [1.165, 1.54) is 6.07 Å². The molecular weight excluding hydrogens is 355 g/mol. The second-order valence-corrected chi connectivity index (χ2v) is 7.36. The Morgan fingerprint density at radius 2 is 2.14 bits per heavy atom. The number of aryl methyl sites for hydroxylation is 1. The number of rotatable bonds is 4. The van der Waals surface area contributed by atoms with Crippen molar-refractivity contribution in [2.24, 2.45) is 0 Å². The number of halogens is 1. The molecule has 1 saturated heterocycles. The van der Waals surface area contributed by atoms with Gasteiger partial charge in [-0.15, -0.1) is 0 Å². The molecular formula is C22H23FN4O. The van der Waals surface area contributed by atoms with E-state index in [1.807, 2.05) is 36.1 Å². The van der Waals surface area contributed by atoms with Gasteiger partial charge in [0, 0.05) is 42.5 Å². The van der Waals surface area contributed by atoms with E-state index in [-0.39, 0.29) is 17.6 Å². The van der Waals surface area contributed by atoms with Crippen LogP contribution in [-0.4, -0.2) is 39.1 Å². The van der Waals surface area contributed by atoms with Gasteiger partial charge in [-0.1, -0.05) is 18.2 Å². The average molecular weight is 378 g/mol. The summed E-state index contributed by atoms with van der Waals surface area (Å²) in [5, 5.41) is 6.79. The van der Waals surface area contributed by atoms with Gasteiger partial charge < -0.3 is 4.90 Å². The number of aromatic nitrogens is 3. The van der Waals surface area contributed by atoms with Crippen molar-refractivity contribution in [1.29, 1.82) is 0 Å². The molecule has 1 fully saturated rings. The maximum atomic E-state index is 13.4. The second-order valence-electron chi connectivity index (χ2n) is 7.36. The van der Waals surface area contributed by atoms with Crippen molar-refractivity contribution in [2.45, 2.75) is 32.1 Å². The summed E-state index contributed by atoms with van der Waals surface area (Å²) < 4.78 is 13.4. The normalized spacial score (nSPS) is 16.9. The number of H-pyrrole nitrogens is 1. The van der Waals surface area contributed by atoms with E-state index in [0.29, 0.717) is 18.5 Å². The molecule has 0 saturated carbocycles. The highest BCUT2D eigenvalue weighted by Gasteiger charge is 2.27. The van der Waals surface area contributed by atoms with Crippen molar-refractivity contribution in [2.75, 3.05) is 13.1 Å². The zero-order chi connectivity index (χ0) is 19.5. The number of hydrogen-bond acceptors (Lipinski definition) is 3. The summed E-state index contributed by atoms with van der Waals surface area (Å²) in [5.41, 5.74) is 4.24. The molecule has 4 rings (SSSR count). The van der Waals surface area contributed by atoms with Crippen molar-refractivity contribution in [3.63, 3.8) is 0 Å². The topological polar surface area (TPSA) is 61.9 Å². The number of hydrogen-bond donors (Lipinski definition) is 1. The first-order valence-electron chi connectivity index (χ1n) is 9.59. The minimum atomic E-state index is -0.232. The molecule has 0 bridgehead atoms. The second kappa shape index (κ2) is 7.92. The highest BCUT2D eigenvalue weighted by atomic mass is 19.1.